The van der Waals surface area contributed by atoms with Crippen LogP contribution >= 0.6 is 0 Å². The van der Waals surface area contributed by atoms with Gasteiger partial charge in [0.25, 0.3) is 0 Å². The predicted molar refractivity (Wildman–Crippen MR) is 144 cm³/mol. The van der Waals surface area contributed by atoms with E-state index in [-0.39, 0.29) is 12.2 Å². The van der Waals surface area contributed by atoms with Crippen molar-refractivity contribution in [2.45, 2.75) is 37.9 Å². The third-order valence-corrected chi connectivity index (χ3v) is 7.23. The number of methoxy groups -OCH3 is 2. The van der Waals surface area contributed by atoms with Gasteiger partial charge in [0.05, 0.1) is 38.2 Å². The first kappa shape index (κ1) is 25.4. The summed E-state index contributed by atoms with van der Waals surface area (Å²) in [6, 6.07) is 10.0. The van der Waals surface area contributed by atoms with Gasteiger partial charge >= 0.3 is 0 Å². The second kappa shape index (κ2) is 12.4. The Morgan fingerprint density at radius 2 is 1.97 bits per heavy atom. The number of anilines is 2. The lowest BCUT2D eigenvalue weighted by molar-refractivity contribution is -0.0719. The molecule has 0 spiro atoms. The Kier molecular flexibility index (Phi) is 8.49. The molecule has 5 rings (SSSR count). The van der Waals surface area contributed by atoms with E-state index in [1.807, 2.05) is 30.5 Å². The van der Waals surface area contributed by atoms with Crippen molar-refractivity contribution < 1.29 is 18.9 Å². The standard InChI is InChI=1S/C27H36N6O4/c1-34-23-8-7-19(15-24(23)35-2)9-12-37-26-16-25(33-10-13-36-14-11-33)30-27(31-26)32-29-18-20-17-28-22-6-4-3-5-21(20)22/h3-6,16-19,23-24,28H,7-15H2,1-2H3,(H,30,31,32)/b29-18+. The third-order valence-electron chi connectivity index (χ3n) is 7.23. The highest BCUT2D eigenvalue weighted by molar-refractivity contribution is 5.99. The molecule has 10 heteroatoms. The Balaban J connectivity index is 1.25. The molecular formula is C27H36N6O4. The van der Waals surface area contributed by atoms with Gasteiger partial charge in [0.15, 0.2) is 0 Å². The molecule has 1 saturated heterocycles. The number of morpholine rings is 1. The van der Waals surface area contributed by atoms with Gasteiger partial charge in [-0.1, -0.05) is 18.2 Å². The molecule has 198 valence electrons. The maximum Gasteiger partial charge on any atom is 0.248 e. The number of H-pyrrole nitrogens is 1. The monoisotopic (exact) mass is 508 g/mol. The number of aromatic nitrogens is 3. The first-order valence-electron chi connectivity index (χ1n) is 13.0. The summed E-state index contributed by atoms with van der Waals surface area (Å²) in [6.07, 6.45) is 8.07. The number of nitrogens with one attached hydrogen (secondary N) is 2. The molecule has 2 fully saturated rings. The zero-order chi connectivity index (χ0) is 25.5. The molecule has 3 heterocycles. The van der Waals surface area contributed by atoms with Crippen LogP contribution in [0.25, 0.3) is 10.9 Å². The predicted octanol–water partition coefficient (Wildman–Crippen LogP) is 3.84. The molecule has 1 aromatic carbocycles. The van der Waals surface area contributed by atoms with E-state index < -0.39 is 0 Å². The van der Waals surface area contributed by atoms with Crippen molar-refractivity contribution in [3.05, 3.63) is 42.1 Å². The lowest BCUT2D eigenvalue weighted by Gasteiger charge is -2.34. The molecule has 2 aliphatic rings. The number of ether oxygens (including phenoxy) is 4. The van der Waals surface area contributed by atoms with Crippen molar-refractivity contribution in [3.8, 4) is 5.88 Å². The van der Waals surface area contributed by atoms with Crippen molar-refractivity contribution >= 4 is 28.9 Å². The first-order chi connectivity index (χ1) is 18.2. The quantitative estimate of drug-likeness (QED) is 0.314. The zero-order valence-electron chi connectivity index (χ0n) is 21.6. The summed E-state index contributed by atoms with van der Waals surface area (Å²) >= 11 is 0. The van der Waals surface area contributed by atoms with Gasteiger partial charge in [-0.3, -0.25) is 0 Å². The SMILES string of the molecule is COC1CCC(CCOc2cc(N3CCOCC3)nc(N/N=C/c3c[nH]c4ccccc34)n2)CC1OC. The first-order valence-corrected chi connectivity index (χ1v) is 13.0. The Morgan fingerprint density at radius 1 is 1.14 bits per heavy atom. The van der Waals surface area contributed by atoms with Crippen LogP contribution in [-0.4, -0.2) is 80.5 Å². The van der Waals surface area contributed by atoms with Crippen molar-refractivity contribution in [3.63, 3.8) is 0 Å². The van der Waals surface area contributed by atoms with Crippen molar-refractivity contribution in [1.29, 1.82) is 0 Å². The number of para-hydroxylation sites is 1. The largest absolute Gasteiger partial charge is 0.477 e. The lowest BCUT2D eigenvalue weighted by atomic mass is 9.83. The van der Waals surface area contributed by atoms with Gasteiger partial charge in [-0.2, -0.15) is 15.1 Å². The van der Waals surface area contributed by atoms with Gasteiger partial charge in [-0.15, -0.1) is 0 Å². The summed E-state index contributed by atoms with van der Waals surface area (Å²) < 4.78 is 22.9. The normalized spacial score (nSPS) is 22.5. The Morgan fingerprint density at radius 3 is 2.81 bits per heavy atom. The van der Waals surface area contributed by atoms with E-state index in [1.165, 1.54) is 0 Å². The number of rotatable bonds is 10. The number of fused-ring (bicyclic) bond motifs is 1. The van der Waals surface area contributed by atoms with Gasteiger partial charge in [-0.05, 0) is 37.7 Å². The van der Waals surface area contributed by atoms with Crippen molar-refractivity contribution in [2.75, 3.05) is 57.5 Å². The van der Waals surface area contributed by atoms with Gasteiger partial charge < -0.3 is 28.8 Å². The highest BCUT2D eigenvalue weighted by atomic mass is 16.5. The van der Waals surface area contributed by atoms with Crippen LogP contribution in [0.2, 0.25) is 0 Å². The highest BCUT2D eigenvalue weighted by Crippen LogP contribution is 2.30. The Labute approximate surface area is 217 Å². The number of aromatic amines is 1. The molecule has 1 aliphatic heterocycles. The zero-order valence-corrected chi connectivity index (χ0v) is 21.6. The van der Waals surface area contributed by atoms with E-state index in [0.717, 1.165) is 61.1 Å². The highest BCUT2D eigenvalue weighted by Gasteiger charge is 2.30. The van der Waals surface area contributed by atoms with Crippen LogP contribution in [0.5, 0.6) is 5.88 Å². The van der Waals surface area contributed by atoms with Crippen LogP contribution in [0.3, 0.4) is 0 Å². The van der Waals surface area contributed by atoms with Crippen molar-refractivity contribution in [1.82, 2.24) is 15.0 Å². The molecule has 0 radical (unpaired) electrons. The molecule has 2 N–H and O–H groups in total. The second-order valence-electron chi connectivity index (χ2n) is 9.51. The number of hydrazone groups is 1. The van der Waals surface area contributed by atoms with Gasteiger partial charge in [0.2, 0.25) is 11.8 Å². The molecule has 1 saturated carbocycles. The number of nitrogens with zero attached hydrogens (tertiary/aromatic N) is 4. The summed E-state index contributed by atoms with van der Waals surface area (Å²) in [5.41, 5.74) is 5.05. The van der Waals surface area contributed by atoms with E-state index in [1.54, 1.807) is 20.4 Å². The summed E-state index contributed by atoms with van der Waals surface area (Å²) in [4.78, 5) is 14.7. The molecule has 3 atom stereocenters. The number of hydrogen-bond acceptors (Lipinski definition) is 9. The summed E-state index contributed by atoms with van der Waals surface area (Å²) in [6.45, 7) is 3.47. The van der Waals surface area contributed by atoms with E-state index in [0.29, 0.717) is 37.6 Å². The minimum absolute atomic E-state index is 0.140. The fraction of sp³-hybridized carbons (Fsp3) is 0.519. The van der Waals surface area contributed by atoms with Crippen LogP contribution in [-0.2, 0) is 14.2 Å². The molecular weight excluding hydrogens is 472 g/mol. The third kappa shape index (κ3) is 6.38. The summed E-state index contributed by atoms with van der Waals surface area (Å²) in [7, 11) is 3.52. The van der Waals surface area contributed by atoms with Crippen LogP contribution in [0.4, 0.5) is 11.8 Å². The van der Waals surface area contributed by atoms with Gasteiger partial charge in [-0.25, -0.2) is 5.43 Å². The molecule has 37 heavy (non-hydrogen) atoms. The van der Waals surface area contributed by atoms with Gasteiger partial charge in [0.1, 0.15) is 5.82 Å². The fourth-order valence-corrected chi connectivity index (χ4v) is 5.15. The maximum atomic E-state index is 6.13. The molecule has 0 bridgehead atoms. The molecule has 10 nitrogen and oxygen atoms in total. The Bertz CT molecular complexity index is 1180. The van der Waals surface area contributed by atoms with E-state index in [9.17, 15) is 0 Å². The lowest BCUT2D eigenvalue weighted by Crippen LogP contribution is -2.37. The molecule has 1 aliphatic carbocycles. The number of benzene rings is 1. The van der Waals surface area contributed by atoms with Crippen LogP contribution in [0, 0.1) is 5.92 Å². The van der Waals surface area contributed by atoms with Crippen LogP contribution in [0.15, 0.2) is 41.6 Å². The topological polar surface area (TPSA) is 106 Å². The average Bonchev–Trinajstić information content (AvgIpc) is 3.36. The van der Waals surface area contributed by atoms with Gasteiger partial charge in [0, 0.05) is 56.0 Å². The minimum Gasteiger partial charge on any atom is -0.477 e. The summed E-state index contributed by atoms with van der Waals surface area (Å²) in [5.74, 6) is 2.28. The minimum atomic E-state index is 0.140. The van der Waals surface area contributed by atoms with Crippen molar-refractivity contribution in [2.24, 2.45) is 11.0 Å². The Hall–Kier alpha value is -3.21. The number of hydrogen-bond donors (Lipinski definition) is 2. The van der Waals surface area contributed by atoms with E-state index >= 15 is 0 Å². The van der Waals surface area contributed by atoms with Crippen LogP contribution in [0.1, 0.15) is 31.2 Å². The second-order valence-corrected chi connectivity index (χ2v) is 9.51. The maximum absolute atomic E-state index is 6.13. The fourth-order valence-electron chi connectivity index (χ4n) is 5.15. The average molecular weight is 509 g/mol. The molecule has 3 aromatic rings. The summed E-state index contributed by atoms with van der Waals surface area (Å²) in [5, 5.41) is 5.51. The molecule has 2 aromatic heterocycles. The van der Waals surface area contributed by atoms with E-state index in [4.69, 9.17) is 23.9 Å². The molecule has 0 amide bonds. The van der Waals surface area contributed by atoms with E-state index in [2.05, 4.69) is 31.5 Å². The van der Waals surface area contributed by atoms with Crippen LogP contribution < -0.4 is 15.1 Å². The molecule has 3 unspecified atom stereocenters. The smallest absolute Gasteiger partial charge is 0.248 e.